The van der Waals surface area contributed by atoms with Crippen molar-refractivity contribution < 1.29 is 0 Å². The second-order valence-electron chi connectivity index (χ2n) is 7.46. The van der Waals surface area contributed by atoms with Gasteiger partial charge < -0.3 is 0 Å². The average Bonchev–Trinajstić information content (AvgIpc) is 3.23. The third kappa shape index (κ3) is 2.72. The zero-order chi connectivity index (χ0) is 17.6. The molecule has 0 bridgehead atoms. The van der Waals surface area contributed by atoms with Gasteiger partial charge in [-0.25, -0.2) is 4.68 Å². The molecule has 0 unspecified atom stereocenters. The highest BCUT2D eigenvalue weighted by Gasteiger charge is 2.22. The lowest BCUT2D eigenvalue weighted by atomic mass is 10.1. The zero-order valence-electron chi connectivity index (χ0n) is 14.8. The van der Waals surface area contributed by atoms with E-state index in [2.05, 4.69) is 13.8 Å². The number of aryl methyl sites for hydroxylation is 1. The van der Waals surface area contributed by atoms with Gasteiger partial charge in [0.25, 0.3) is 5.56 Å². The van der Waals surface area contributed by atoms with Crippen LogP contribution in [-0.4, -0.2) is 18.7 Å². The van der Waals surface area contributed by atoms with Crippen molar-refractivity contribution in [3.63, 3.8) is 0 Å². The number of hydrogen-bond donors (Lipinski definition) is 0. The number of aromatic nitrogens is 4. The van der Waals surface area contributed by atoms with Crippen LogP contribution in [0.2, 0.25) is 0 Å². The van der Waals surface area contributed by atoms with Crippen LogP contribution in [0.5, 0.6) is 0 Å². The molecule has 5 nitrogen and oxygen atoms in total. The SMILES string of the molecule is CC(C)CCn1c(=O)c2ccccc2n2c(=S)n(C3CCCC3)nc12. The first-order valence-electron chi connectivity index (χ1n) is 9.20. The molecule has 25 heavy (non-hydrogen) atoms. The number of para-hydroxylation sites is 1. The van der Waals surface area contributed by atoms with Gasteiger partial charge in [-0.1, -0.05) is 38.8 Å². The highest BCUT2D eigenvalue weighted by atomic mass is 32.1. The largest absolute Gasteiger partial charge is 0.276 e. The van der Waals surface area contributed by atoms with Crippen LogP contribution in [0, 0.1) is 10.7 Å². The molecule has 1 aromatic carbocycles. The number of hydrogen-bond acceptors (Lipinski definition) is 3. The van der Waals surface area contributed by atoms with Gasteiger partial charge in [0.2, 0.25) is 10.5 Å². The Kier molecular flexibility index (Phi) is 4.23. The number of nitrogens with zero attached hydrogens (tertiary/aromatic N) is 4. The summed E-state index contributed by atoms with van der Waals surface area (Å²) in [5.74, 6) is 1.21. The van der Waals surface area contributed by atoms with E-state index < -0.39 is 0 Å². The summed E-state index contributed by atoms with van der Waals surface area (Å²) in [4.78, 5) is 13.1. The van der Waals surface area contributed by atoms with E-state index in [9.17, 15) is 4.79 Å². The molecular weight excluding hydrogens is 332 g/mol. The molecule has 1 aliphatic rings. The Labute approximate surface area is 151 Å². The van der Waals surface area contributed by atoms with E-state index >= 15 is 0 Å². The molecular formula is C19H24N4OS. The number of benzene rings is 1. The summed E-state index contributed by atoms with van der Waals surface area (Å²) in [5.41, 5.74) is 0.889. The summed E-state index contributed by atoms with van der Waals surface area (Å²) in [7, 11) is 0. The van der Waals surface area contributed by atoms with E-state index in [1.165, 1.54) is 12.8 Å². The summed E-state index contributed by atoms with van der Waals surface area (Å²) >= 11 is 5.78. The molecule has 2 heterocycles. The molecule has 0 aliphatic heterocycles. The van der Waals surface area contributed by atoms with Crippen molar-refractivity contribution in [3.8, 4) is 0 Å². The minimum absolute atomic E-state index is 0.0299. The Morgan fingerprint density at radius 2 is 1.96 bits per heavy atom. The molecule has 0 saturated heterocycles. The number of fused-ring (bicyclic) bond motifs is 3. The van der Waals surface area contributed by atoms with Crippen LogP contribution >= 0.6 is 12.2 Å². The first kappa shape index (κ1) is 16.5. The fourth-order valence-electron chi connectivity index (χ4n) is 3.82. The molecule has 6 heteroatoms. The lowest BCUT2D eigenvalue weighted by Gasteiger charge is -2.11. The first-order chi connectivity index (χ1) is 12.1. The van der Waals surface area contributed by atoms with Crippen LogP contribution in [-0.2, 0) is 6.54 Å². The summed E-state index contributed by atoms with van der Waals surface area (Å²) in [6, 6.07) is 8.08. The molecule has 0 N–H and O–H groups in total. The highest BCUT2D eigenvalue weighted by Crippen LogP contribution is 2.30. The third-order valence-electron chi connectivity index (χ3n) is 5.25. The van der Waals surface area contributed by atoms with Crippen LogP contribution in [0.1, 0.15) is 52.0 Å². The molecule has 1 saturated carbocycles. The molecule has 1 fully saturated rings. The van der Waals surface area contributed by atoms with E-state index in [0.29, 0.717) is 34.4 Å². The normalized spacial score (nSPS) is 15.8. The van der Waals surface area contributed by atoms with Crippen LogP contribution in [0.25, 0.3) is 16.7 Å². The number of rotatable bonds is 4. The van der Waals surface area contributed by atoms with Gasteiger partial charge in [-0.2, -0.15) is 0 Å². The predicted octanol–water partition coefficient (Wildman–Crippen LogP) is 4.34. The Morgan fingerprint density at radius 1 is 1.24 bits per heavy atom. The van der Waals surface area contributed by atoms with E-state index in [1.807, 2.05) is 37.9 Å². The molecule has 1 aliphatic carbocycles. The molecule has 0 spiro atoms. The fraction of sp³-hybridized carbons (Fsp3) is 0.526. The fourth-order valence-corrected chi connectivity index (χ4v) is 4.19. The van der Waals surface area contributed by atoms with Gasteiger partial charge >= 0.3 is 0 Å². The Hall–Kier alpha value is -1.95. The summed E-state index contributed by atoms with van der Waals surface area (Å²) in [5, 5.41) is 5.53. The summed E-state index contributed by atoms with van der Waals surface area (Å²) in [6.45, 7) is 5.01. The predicted molar refractivity (Wildman–Crippen MR) is 103 cm³/mol. The van der Waals surface area contributed by atoms with Crippen LogP contribution < -0.4 is 5.56 Å². The minimum atomic E-state index is 0.0299. The van der Waals surface area contributed by atoms with E-state index in [4.69, 9.17) is 17.3 Å². The van der Waals surface area contributed by atoms with Crippen molar-refractivity contribution in [1.82, 2.24) is 18.7 Å². The topological polar surface area (TPSA) is 44.2 Å². The minimum Gasteiger partial charge on any atom is -0.276 e. The maximum atomic E-state index is 13.1. The Morgan fingerprint density at radius 3 is 2.68 bits per heavy atom. The quantitative estimate of drug-likeness (QED) is 0.653. The first-order valence-corrected chi connectivity index (χ1v) is 9.61. The van der Waals surface area contributed by atoms with Crippen LogP contribution in [0.3, 0.4) is 0 Å². The van der Waals surface area contributed by atoms with Crippen molar-refractivity contribution in [2.75, 3.05) is 0 Å². The third-order valence-corrected chi connectivity index (χ3v) is 5.62. The summed E-state index contributed by atoms with van der Waals surface area (Å²) in [6.07, 6.45) is 5.62. The maximum Gasteiger partial charge on any atom is 0.262 e. The summed E-state index contributed by atoms with van der Waals surface area (Å²) < 4.78 is 6.49. The highest BCUT2D eigenvalue weighted by molar-refractivity contribution is 7.71. The van der Waals surface area contributed by atoms with Crippen molar-refractivity contribution in [1.29, 1.82) is 0 Å². The van der Waals surface area contributed by atoms with E-state index in [1.54, 1.807) is 0 Å². The van der Waals surface area contributed by atoms with Gasteiger partial charge in [0.1, 0.15) is 0 Å². The molecule has 132 valence electrons. The second kappa shape index (κ2) is 6.41. The van der Waals surface area contributed by atoms with Gasteiger partial charge in [-0.05, 0) is 49.5 Å². The average molecular weight is 356 g/mol. The molecule has 3 aromatic rings. The van der Waals surface area contributed by atoms with Gasteiger partial charge in [-0.15, -0.1) is 5.10 Å². The molecule has 4 rings (SSSR count). The van der Waals surface area contributed by atoms with Gasteiger partial charge in [0.05, 0.1) is 16.9 Å². The maximum absolute atomic E-state index is 13.1. The zero-order valence-corrected chi connectivity index (χ0v) is 15.6. The van der Waals surface area contributed by atoms with Crippen molar-refractivity contribution in [2.45, 2.75) is 58.5 Å². The molecule has 0 radical (unpaired) electrons. The molecule has 2 aromatic heterocycles. The lowest BCUT2D eigenvalue weighted by molar-refractivity contribution is 0.458. The molecule has 0 atom stereocenters. The second-order valence-corrected chi connectivity index (χ2v) is 7.82. The van der Waals surface area contributed by atoms with Crippen molar-refractivity contribution >= 4 is 28.9 Å². The van der Waals surface area contributed by atoms with E-state index in [-0.39, 0.29) is 5.56 Å². The smallest absolute Gasteiger partial charge is 0.262 e. The van der Waals surface area contributed by atoms with Gasteiger partial charge in [0.15, 0.2) is 0 Å². The van der Waals surface area contributed by atoms with Crippen molar-refractivity contribution in [2.24, 2.45) is 5.92 Å². The van der Waals surface area contributed by atoms with Crippen molar-refractivity contribution in [3.05, 3.63) is 39.4 Å². The Balaban J connectivity index is 2.04. The van der Waals surface area contributed by atoms with E-state index in [0.717, 1.165) is 24.8 Å². The van der Waals surface area contributed by atoms with Gasteiger partial charge in [-0.3, -0.25) is 13.8 Å². The lowest BCUT2D eigenvalue weighted by Crippen LogP contribution is -2.24. The van der Waals surface area contributed by atoms with Crippen LogP contribution in [0.15, 0.2) is 29.1 Å². The molecule has 0 amide bonds. The Bertz CT molecular complexity index is 1040. The standard InChI is InChI=1S/C19H24N4OS/c1-13(2)11-12-21-17(24)15-9-5-6-10-16(15)22-18(21)20-23(19(22)25)14-7-3-4-8-14/h5-6,9-10,13-14H,3-4,7-8,11-12H2,1-2H3. The van der Waals surface area contributed by atoms with Gasteiger partial charge in [0, 0.05) is 6.54 Å². The van der Waals surface area contributed by atoms with Crippen LogP contribution in [0.4, 0.5) is 0 Å². The monoisotopic (exact) mass is 356 g/mol.